The lowest BCUT2D eigenvalue weighted by atomic mass is 10.1. The summed E-state index contributed by atoms with van der Waals surface area (Å²) in [5.41, 5.74) is 2.50. The summed E-state index contributed by atoms with van der Waals surface area (Å²) in [6.45, 7) is 1.34. The van der Waals surface area contributed by atoms with Crippen molar-refractivity contribution in [1.82, 2.24) is 14.9 Å². The highest BCUT2D eigenvalue weighted by Crippen LogP contribution is 2.32. The van der Waals surface area contributed by atoms with Crippen molar-refractivity contribution in [2.24, 2.45) is 0 Å². The van der Waals surface area contributed by atoms with Crippen LogP contribution in [0.15, 0.2) is 36.4 Å². The first-order valence-electron chi connectivity index (χ1n) is 9.49. The molecule has 2 aromatic carbocycles. The lowest BCUT2D eigenvalue weighted by Crippen LogP contribution is -2.35. The summed E-state index contributed by atoms with van der Waals surface area (Å²) >= 11 is 0. The number of aromatic nitrogens is 2. The summed E-state index contributed by atoms with van der Waals surface area (Å²) in [7, 11) is 1.34. The van der Waals surface area contributed by atoms with Crippen LogP contribution in [0.4, 0.5) is 0 Å². The molecule has 0 fully saturated rings. The molecular weight excluding hydrogens is 390 g/mol. The normalized spacial score (nSPS) is 16.9. The lowest BCUT2D eigenvalue weighted by Gasteiger charge is -2.26. The Bertz CT molecular complexity index is 1160. The molecule has 3 heterocycles. The van der Waals surface area contributed by atoms with Crippen molar-refractivity contribution in [2.75, 3.05) is 27.1 Å². The van der Waals surface area contributed by atoms with Gasteiger partial charge in [-0.05, 0) is 36.4 Å². The second-order valence-electron chi connectivity index (χ2n) is 7.04. The number of benzene rings is 2. The van der Waals surface area contributed by atoms with E-state index in [9.17, 15) is 9.59 Å². The number of nitrogens with zero attached hydrogens (tertiary/aromatic N) is 2. The number of hydrogen-bond donors (Lipinski definition) is 1. The number of ether oxygens (including phenoxy) is 4. The average Bonchev–Trinajstić information content (AvgIpc) is 3.40. The molecule has 0 radical (unpaired) electrons. The minimum Gasteiger partial charge on any atom is -0.465 e. The van der Waals surface area contributed by atoms with Crippen LogP contribution in [0.25, 0.3) is 11.0 Å². The molecule has 0 aliphatic carbocycles. The van der Waals surface area contributed by atoms with E-state index in [4.69, 9.17) is 18.9 Å². The van der Waals surface area contributed by atoms with Gasteiger partial charge >= 0.3 is 5.97 Å². The predicted octanol–water partition coefficient (Wildman–Crippen LogP) is 2.05. The van der Waals surface area contributed by atoms with E-state index in [-0.39, 0.29) is 18.7 Å². The molecule has 0 bridgehead atoms. The van der Waals surface area contributed by atoms with E-state index < -0.39 is 5.97 Å². The van der Waals surface area contributed by atoms with E-state index in [0.717, 1.165) is 11.3 Å². The van der Waals surface area contributed by atoms with Gasteiger partial charge in [0.1, 0.15) is 12.4 Å². The summed E-state index contributed by atoms with van der Waals surface area (Å²) in [5, 5.41) is 2.96. The fraction of sp³-hybridized carbons (Fsp3) is 0.286. The second-order valence-corrected chi connectivity index (χ2v) is 7.04. The average molecular weight is 409 g/mol. The number of nitrogens with one attached hydrogen (secondary N) is 1. The Balaban J connectivity index is 1.36. The number of imidazole rings is 1. The summed E-state index contributed by atoms with van der Waals surface area (Å²) in [6.07, 6.45) is 0. The molecule has 9 nitrogen and oxygen atoms in total. The second kappa shape index (κ2) is 7.34. The highest BCUT2D eigenvalue weighted by atomic mass is 16.7. The molecule has 30 heavy (non-hydrogen) atoms. The molecule has 1 amide bonds. The van der Waals surface area contributed by atoms with Gasteiger partial charge in [-0.1, -0.05) is 0 Å². The molecule has 9 heteroatoms. The van der Waals surface area contributed by atoms with Crippen LogP contribution >= 0.6 is 0 Å². The molecule has 1 atom stereocenters. The van der Waals surface area contributed by atoms with E-state index in [1.807, 2.05) is 6.07 Å². The van der Waals surface area contributed by atoms with E-state index in [0.29, 0.717) is 47.9 Å². The van der Waals surface area contributed by atoms with Crippen LogP contribution in [0.3, 0.4) is 0 Å². The number of methoxy groups -OCH3 is 1. The van der Waals surface area contributed by atoms with Crippen molar-refractivity contribution in [3.8, 4) is 11.5 Å². The van der Waals surface area contributed by atoms with Crippen LogP contribution in [-0.2, 0) is 16.1 Å². The first kappa shape index (κ1) is 18.4. The minimum atomic E-state index is -0.410. The monoisotopic (exact) mass is 409 g/mol. The number of fused-ring (bicyclic) bond motifs is 4. The van der Waals surface area contributed by atoms with Crippen molar-refractivity contribution in [2.45, 2.75) is 12.6 Å². The van der Waals surface area contributed by atoms with Gasteiger partial charge in [0.25, 0.3) is 5.91 Å². The Hall–Kier alpha value is -3.59. The number of carbonyl (C=O) groups excluding carboxylic acids is 2. The van der Waals surface area contributed by atoms with Crippen molar-refractivity contribution in [1.29, 1.82) is 0 Å². The summed E-state index contributed by atoms with van der Waals surface area (Å²) in [6, 6.07) is 10.2. The molecule has 1 unspecified atom stereocenters. The molecule has 1 N–H and O–H groups in total. The van der Waals surface area contributed by atoms with Crippen molar-refractivity contribution in [3.05, 3.63) is 53.3 Å². The van der Waals surface area contributed by atoms with Crippen molar-refractivity contribution < 1.29 is 28.5 Å². The third-order valence-corrected chi connectivity index (χ3v) is 5.22. The molecule has 154 valence electrons. The maximum absolute atomic E-state index is 12.6. The largest absolute Gasteiger partial charge is 0.465 e. The van der Waals surface area contributed by atoms with Crippen LogP contribution in [0.5, 0.6) is 11.5 Å². The lowest BCUT2D eigenvalue weighted by molar-refractivity contribution is 0.0553. The number of amides is 1. The zero-order chi connectivity index (χ0) is 20.7. The Kier molecular flexibility index (Phi) is 4.51. The van der Waals surface area contributed by atoms with Gasteiger partial charge in [0, 0.05) is 12.1 Å². The number of hydrogen-bond acceptors (Lipinski definition) is 7. The topological polar surface area (TPSA) is 101 Å². The van der Waals surface area contributed by atoms with Gasteiger partial charge in [0.15, 0.2) is 11.5 Å². The maximum atomic E-state index is 12.6. The molecule has 1 aromatic heterocycles. The number of rotatable bonds is 4. The first-order valence-corrected chi connectivity index (χ1v) is 9.49. The van der Waals surface area contributed by atoms with Crippen LogP contribution < -0.4 is 14.8 Å². The van der Waals surface area contributed by atoms with Gasteiger partial charge in [-0.3, -0.25) is 4.79 Å². The summed E-state index contributed by atoms with van der Waals surface area (Å²) in [5.74, 6) is 1.33. The fourth-order valence-corrected chi connectivity index (χ4v) is 3.76. The van der Waals surface area contributed by atoms with Crippen molar-refractivity contribution >= 4 is 22.9 Å². The predicted molar refractivity (Wildman–Crippen MR) is 105 cm³/mol. The Labute approximate surface area is 171 Å². The smallest absolute Gasteiger partial charge is 0.337 e. The molecule has 2 aliphatic heterocycles. The number of carbonyl (C=O) groups is 2. The fourth-order valence-electron chi connectivity index (χ4n) is 3.76. The van der Waals surface area contributed by atoms with E-state index >= 15 is 0 Å². The minimum absolute atomic E-state index is 0.124. The third-order valence-electron chi connectivity index (χ3n) is 5.22. The van der Waals surface area contributed by atoms with Crippen LogP contribution in [0.2, 0.25) is 0 Å². The molecule has 2 aliphatic rings. The SMILES string of the molecule is COC(=O)c1ccc2c(c1)nc1n2C(CNC(=O)c2ccc3c(c2)OCO3)COC1. The maximum Gasteiger partial charge on any atom is 0.337 e. The van der Waals surface area contributed by atoms with Gasteiger partial charge < -0.3 is 28.8 Å². The van der Waals surface area contributed by atoms with Gasteiger partial charge in [-0.2, -0.15) is 0 Å². The summed E-state index contributed by atoms with van der Waals surface area (Å²) < 4.78 is 23.1. The molecule has 0 saturated carbocycles. The third kappa shape index (κ3) is 3.13. The molecular formula is C21H19N3O6. The van der Waals surface area contributed by atoms with Crippen LogP contribution in [-0.4, -0.2) is 48.5 Å². The number of esters is 1. The van der Waals surface area contributed by atoms with Gasteiger partial charge in [-0.25, -0.2) is 9.78 Å². The quantitative estimate of drug-likeness (QED) is 0.658. The zero-order valence-electron chi connectivity index (χ0n) is 16.2. The van der Waals surface area contributed by atoms with E-state index in [1.54, 1.807) is 30.3 Å². The van der Waals surface area contributed by atoms with Gasteiger partial charge in [0.05, 0.1) is 36.4 Å². The highest BCUT2D eigenvalue weighted by Gasteiger charge is 2.25. The Morgan fingerprint density at radius 1 is 1.17 bits per heavy atom. The standard InChI is InChI=1S/C21H19N3O6/c1-27-21(26)13-2-4-16-15(6-13)23-19-10-28-9-14(24(16)19)8-22-20(25)12-3-5-17-18(7-12)30-11-29-17/h2-7,14H,8-11H2,1H3,(H,22,25). The molecule has 5 rings (SSSR count). The molecule has 0 saturated heterocycles. The van der Waals surface area contributed by atoms with Gasteiger partial charge in [0.2, 0.25) is 6.79 Å². The van der Waals surface area contributed by atoms with E-state index in [1.165, 1.54) is 7.11 Å². The van der Waals surface area contributed by atoms with Crippen LogP contribution in [0.1, 0.15) is 32.6 Å². The Morgan fingerprint density at radius 2 is 2.00 bits per heavy atom. The van der Waals surface area contributed by atoms with Crippen molar-refractivity contribution in [3.63, 3.8) is 0 Å². The first-order chi connectivity index (χ1) is 14.6. The Morgan fingerprint density at radius 3 is 2.87 bits per heavy atom. The molecule has 3 aromatic rings. The van der Waals surface area contributed by atoms with Crippen LogP contribution in [0, 0.1) is 0 Å². The molecule has 0 spiro atoms. The zero-order valence-corrected chi connectivity index (χ0v) is 16.2. The van der Waals surface area contributed by atoms with Gasteiger partial charge in [-0.15, -0.1) is 0 Å². The summed E-state index contributed by atoms with van der Waals surface area (Å²) in [4.78, 5) is 29.0. The highest BCUT2D eigenvalue weighted by molar-refractivity contribution is 5.95. The van der Waals surface area contributed by atoms with E-state index in [2.05, 4.69) is 14.9 Å².